The number of hydrogen-bond donors (Lipinski definition) is 1. The van der Waals surface area contributed by atoms with Crippen LogP contribution in [0.1, 0.15) is 16.9 Å². The first kappa shape index (κ1) is 17.3. The van der Waals surface area contributed by atoms with Crippen LogP contribution in [0.2, 0.25) is 5.02 Å². The highest BCUT2D eigenvalue weighted by atomic mass is 79.9. The SMILES string of the molecule is Cc1cc(-c2ccc(CNCCc3ccc(Cl)cc3)o2)ccc1Br. The summed E-state index contributed by atoms with van der Waals surface area (Å²) in [5.41, 5.74) is 3.58. The molecule has 0 aliphatic heterocycles. The van der Waals surface area contributed by atoms with Crippen molar-refractivity contribution < 1.29 is 4.42 Å². The molecule has 1 N–H and O–H groups in total. The van der Waals surface area contributed by atoms with Gasteiger partial charge < -0.3 is 9.73 Å². The molecule has 3 rings (SSSR count). The van der Waals surface area contributed by atoms with Crippen molar-refractivity contribution >= 4 is 27.5 Å². The normalized spacial score (nSPS) is 11.0. The summed E-state index contributed by atoms with van der Waals surface area (Å²) in [4.78, 5) is 0. The average molecular weight is 405 g/mol. The van der Waals surface area contributed by atoms with Gasteiger partial charge in [-0.2, -0.15) is 0 Å². The van der Waals surface area contributed by atoms with E-state index in [0.29, 0.717) is 0 Å². The second-order valence-corrected chi connectivity index (χ2v) is 7.07. The fourth-order valence-electron chi connectivity index (χ4n) is 2.52. The molecule has 0 amide bonds. The van der Waals surface area contributed by atoms with Crippen molar-refractivity contribution in [3.05, 3.63) is 81.0 Å². The molecule has 1 aromatic heterocycles. The van der Waals surface area contributed by atoms with Crippen molar-refractivity contribution in [1.29, 1.82) is 0 Å². The zero-order chi connectivity index (χ0) is 16.9. The number of aryl methyl sites for hydroxylation is 1. The van der Waals surface area contributed by atoms with Crippen molar-refractivity contribution in [2.75, 3.05) is 6.54 Å². The molecule has 0 aliphatic carbocycles. The van der Waals surface area contributed by atoms with Gasteiger partial charge in [0.05, 0.1) is 6.54 Å². The molecule has 24 heavy (non-hydrogen) atoms. The van der Waals surface area contributed by atoms with Gasteiger partial charge in [-0.1, -0.05) is 45.7 Å². The van der Waals surface area contributed by atoms with Gasteiger partial charge in [0, 0.05) is 15.1 Å². The number of furan rings is 1. The summed E-state index contributed by atoms with van der Waals surface area (Å²) in [6, 6.07) is 18.3. The average Bonchev–Trinajstić information content (AvgIpc) is 3.05. The van der Waals surface area contributed by atoms with Crippen LogP contribution >= 0.6 is 27.5 Å². The van der Waals surface area contributed by atoms with Crippen LogP contribution in [0, 0.1) is 6.92 Å². The van der Waals surface area contributed by atoms with Crippen LogP contribution < -0.4 is 5.32 Å². The molecule has 0 saturated carbocycles. The largest absolute Gasteiger partial charge is 0.460 e. The zero-order valence-corrected chi connectivity index (χ0v) is 15.8. The Morgan fingerprint density at radius 3 is 2.58 bits per heavy atom. The van der Waals surface area contributed by atoms with E-state index in [1.54, 1.807) is 0 Å². The van der Waals surface area contributed by atoms with Gasteiger partial charge in [-0.05, 0) is 67.4 Å². The lowest BCUT2D eigenvalue weighted by atomic mass is 10.1. The van der Waals surface area contributed by atoms with E-state index in [1.807, 2.05) is 24.3 Å². The molecule has 0 spiro atoms. The van der Waals surface area contributed by atoms with Gasteiger partial charge in [-0.25, -0.2) is 0 Å². The van der Waals surface area contributed by atoms with E-state index < -0.39 is 0 Å². The minimum atomic E-state index is 0.725. The maximum atomic E-state index is 5.94. The van der Waals surface area contributed by atoms with Crippen LogP contribution in [0.25, 0.3) is 11.3 Å². The predicted octanol–water partition coefficient (Wildman–Crippen LogP) is 6.00. The number of nitrogens with one attached hydrogen (secondary N) is 1. The molecule has 0 unspecified atom stereocenters. The number of benzene rings is 2. The van der Waals surface area contributed by atoms with E-state index in [1.165, 1.54) is 11.1 Å². The molecule has 2 nitrogen and oxygen atoms in total. The minimum absolute atomic E-state index is 0.725. The summed E-state index contributed by atoms with van der Waals surface area (Å²) in [7, 11) is 0. The van der Waals surface area contributed by atoms with E-state index in [0.717, 1.165) is 46.1 Å². The lowest BCUT2D eigenvalue weighted by Crippen LogP contribution is -2.16. The molecular weight excluding hydrogens is 386 g/mol. The maximum absolute atomic E-state index is 5.94. The van der Waals surface area contributed by atoms with Gasteiger partial charge in [0.15, 0.2) is 0 Å². The third-order valence-corrected chi connectivity index (χ3v) is 5.05. The first-order valence-electron chi connectivity index (χ1n) is 7.92. The van der Waals surface area contributed by atoms with E-state index in [9.17, 15) is 0 Å². The summed E-state index contributed by atoms with van der Waals surface area (Å²) < 4.78 is 7.05. The Labute approximate surface area is 156 Å². The molecule has 0 atom stereocenters. The third-order valence-electron chi connectivity index (χ3n) is 3.91. The fourth-order valence-corrected chi connectivity index (χ4v) is 2.89. The van der Waals surface area contributed by atoms with Crippen LogP contribution in [0.15, 0.2) is 63.5 Å². The van der Waals surface area contributed by atoms with E-state index in [4.69, 9.17) is 16.0 Å². The number of hydrogen-bond acceptors (Lipinski definition) is 2. The Morgan fingerprint density at radius 1 is 1.04 bits per heavy atom. The van der Waals surface area contributed by atoms with Crippen molar-refractivity contribution in [1.82, 2.24) is 5.32 Å². The van der Waals surface area contributed by atoms with E-state index >= 15 is 0 Å². The Hall–Kier alpha value is -1.55. The Kier molecular flexibility index (Phi) is 5.77. The minimum Gasteiger partial charge on any atom is -0.460 e. The summed E-state index contributed by atoms with van der Waals surface area (Å²) in [5.74, 6) is 1.85. The lowest BCUT2D eigenvalue weighted by Gasteiger charge is -2.04. The molecule has 0 fully saturated rings. The van der Waals surface area contributed by atoms with Crippen LogP contribution in [-0.2, 0) is 13.0 Å². The van der Waals surface area contributed by atoms with Gasteiger partial charge >= 0.3 is 0 Å². The summed E-state index contributed by atoms with van der Waals surface area (Å²) in [6.07, 6.45) is 0.969. The van der Waals surface area contributed by atoms with Gasteiger partial charge in [-0.15, -0.1) is 0 Å². The van der Waals surface area contributed by atoms with E-state index in [2.05, 4.69) is 58.5 Å². The van der Waals surface area contributed by atoms with Crippen molar-refractivity contribution in [3.8, 4) is 11.3 Å². The highest BCUT2D eigenvalue weighted by molar-refractivity contribution is 9.10. The monoisotopic (exact) mass is 403 g/mol. The van der Waals surface area contributed by atoms with Gasteiger partial charge in [-0.3, -0.25) is 0 Å². The fraction of sp³-hybridized carbons (Fsp3) is 0.200. The molecule has 0 aliphatic rings. The molecule has 4 heteroatoms. The van der Waals surface area contributed by atoms with Crippen molar-refractivity contribution in [2.45, 2.75) is 19.9 Å². The summed E-state index contributed by atoms with van der Waals surface area (Å²) in [6.45, 7) is 3.70. The molecule has 0 bridgehead atoms. The summed E-state index contributed by atoms with van der Waals surface area (Å²) in [5, 5.41) is 4.19. The molecular formula is C20H19BrClNO. The molecule has 3 aromatic rings. The standard InChI is InChI=1S/C20H19BrClNO/c1-14-12-16(4-8-19(14)21)20-9-7-18(24-20)13-23-11-10-15-2-5-17(22)6-3-15/h2-9,12,23H,10-11,13H2,1H3. The Morgan fingerprint density at radius 2 is 1.83 bits per heavy atom. The highest BCUT2D eigenvalue weighted by Gasteiger charge is 2.06. The van der Waals surface area contributed by atoms with Crippen LogP contribution in [-0.4, -0.2) is 6.54 Å². The lowest BCUT2D eigenvalue weighted by molar-refractivity contribution is 0.494. The van der Waals surface area contributed by atoms with Gasteiger partial charge in [0.25, 0.3) is 0 Å². The quantitative estimate of drug-likeness (QED) is 0.509. The van der Waals surface area contributed by atoms with Crippen molar-refractivity contribution in [2.24, 2.45) is 0 Å². The second kappa shape index (κ2) is 8.02. The highest BCUT2D eigenvalue weighted by Crippen LogP contribution is 2.26. The number of halogens is 2. The molecule has 2 aromatic carbocycles. The Bertz CT molecular complexity index is 811. The van der Waals surface area contributed by atoms with Crippen LogP contribution in [0.3, 0.4) is 0 Å². The topological polar surface area (TPSA) is 25.2 Å². The molecule has 0 radical (unpaired) electrons. The molecule has 0 saturated heterocycles. The van der Waals surface area contributed by atoms with E-state index in [-0.39, 0.29) is 0 Å². The van der Waals surface area contributed by atoms with Gasteiger partial charge in [0.1, 0.15) is 11.5 Å². The predicted molar refractivity (Wildman–Crippen MR) is 103 cm³/mol. The summed E-state index contributed by atoms with van der Waals surface area (Å²) >= 11 is 9.42. The first-order valence-corrected chi connectivity index (χ1v) is 9.09. The zero-order valence-electron chi connectivity index (χ0n) is 13.5. The number of rotatable bonds is 6. The van der Waals surface area contributed by atoms with Crippen LogP contribution in [0.5, 0.6) is 0 Å². The third kappa shape index (κ3) is 4.50. The second-order valence-electron chi connectivity index (χ2n) is 5.78. The molecule has 1 heterocycles. The maximum Gasteiger partial charge on any atom is 0.134 e. The van der Waals surface area contributed by atoms with Crippen molar-refractivity contribution in [3.63, 3.8) is 0 Å². The molecule has 124 valence electrons. The first-order chi connectivity index (χ1) is 11.6. The smallest absolute Gasteiger partial charge is 0.134 e. The van der Waals surface area contributed by atoms with Gasteiger partial charge in [0.2, 0.25) is 0 Å². The van der Waals surface area contributed by atoms with Crippen LogP contribution in [0.4, 0.5) is 0 Å². The Balaban J connectivity index is 1.52.